The van der Waals surface area contributed by atoms with Crippen molar-refractivity contribution in [1.29, 1.82) is 0 Å². The summed E-state index contributed by atoms with van der Waals surface area (Å²) in [6.45, 7) is 2.74. The second kappa shape index (κ2) is 6.05. The number of nitrogens with zero attached hydrogens (tertiary/aromatic N) is 4. The topological polar surface area (TPSA) is 77.3 Å². The molecule has 2 aromatic heterocycles. The van der Waals surface area contributed by atoms with E-state index < -0.39 is 10.0 Å². The fourth-order valence-electron chi connectivity index (χ4n) is 2.49. The molecule has 3 heterocycles. The van der Waals surface area contributed by atoms with Gasteiger partial charge in [0.15, 0.2) is 0 Å². The first-order chi connectivity index (χ1) is 10.6. The maximum absolute atomic E-state index is 12.1. The van der Waals surface area contributed by atoms with Crippen LogP contribution in [0.5, 0.6) is 5.88 Å². The summed E-state index contributed by atoms with van der Waals surface area (Å²) in [5, 5.41) is 0. The van der Waals surface area contributed by atoms with Crippen LogP contribution in [0.2, 0.25) is 0 Å². The van der Waals surface area contributed by atoms with E-state index in [0.717, 1.165) is 5.69 Å². The van der Waals surface area contributed by atoms with Gasteiger partial charge < -0.3 is 9.30 Å². The van der Waals surface area contributed by atoms with Crippen LogP contribution in [0, 0.1) is 0 Å². The minimum Gasteiger partial charge on any atom is -0.475 e. The van der Waals surface area contributed by atoms with Crippen LogP contribution < -0.4 is 4.74 Å². The van der Waals surface area contributed by atoms with Crippen molar-refractivity contribution in [3.05, 3.63) is 42.6 Å². The Balaban J connectivity index is 1.78. The number of pyridine rings is 1. The van der Waals surface area contributed by atoms with Crippen molar-refractivity contribution in [3.8, 4) is 5.88 Å². The molecule has 3 rings (SSSR count). The molecule has 1 atom stereocenters. The molecule has 22 heavy (non-hydrogen) atoms. The smallest absolute Gasteiger partial charge is 0.214 e. The maximum atomic E-state index is 12.1. The van der Waals surface area contributed by atoms with Gasteiger partial charge in [-0.05, 0) is 13.0 Å². The van der Waals surface area contributed by atoms with E-state index in [0.29, 0.717) is 25.6 Å². The van der Waals surface area contributed by atoms with Crippen LogP contribution in [-0.4, -0.2) is 46.2 Å². The highest BCUT2D eigenvalue weighted by Gasteiger charge is 2.31. The molecule has 0 aliphatic carbocycles. The number of aromatic nitrogens is 3. The average Bonchev–Trinajstić information content (AvgIpc) is 3.02. The second-order valence-electron chi connectivity index (χ2n) is 5.12. The van der Waals surface area contributed by atoms with E-state index in [1.807, 2.05) is 16.7 Å². The van der Waals surface area contributed by atoms with Gasteiger partial charge in [0.05, 0.1) is 30.4 Å². The largest absolute Gasteiger partial charge is 0.475 e. The highest BCUT2D eigenvalue weighted by Crippen LogP contribution is 2.24. The Morgan fingerprint density at radius 2 is 2.27 bits per heavy atom. The lowest BCUT2D eigenvalue weighted by molar-refractivity contribution is 0.190. The van der Waals surface area contributed by atoms with Gasteiger partial charge in [-0.15, -0.1) is 0 Å². The Kier molecular flexibility index (Phi) is 4.12. The molecule has 1 aliphatic rings. The van der Waals surface area contributed by atoms with Gasteiger partial charge in [0.2, 0.25) is 15.9 Å². The Hall–Kier alpha value is -1.93. The molecule has 1 aliphatic heterocycles. The van der Waals surface area contributed by atoms with Crippen LogP contribution in [0.4, 0.5) is 0 Å². The van der Waals surface area contributed by atoms with Crippen molar-refractivity contribution in [2.24, 2.45) is 0 Å². The number of imidazole rings is 1. The van der Waals surface area contributed by atoms with Crippen LogP contribution in [-0.2, 0) is 16.6 Å². The molecule has 0 amide bonds. The molecule has 0 bridgehead atoms. The van der Waals surface area contributed by atoms with Crippen LogP contribution in [0.1, 0.15) is 18.7 Å². The van der Waals surface area contributed by atoms with Gasteiger partial charge >= 0.3 is 0 Å². The summed E-state index contributed by atoms with van der Waals surface area (Å²) >= 11 is 0. The van der Waals surface area contributed by atoms with E-state index in [4.69, 9.17) is 4.74 Å². The van der Waals surface area contributed by atoms with Crippen molar-refractivity contribution < 1.29 is 13.2 Å². The number of hydrogen-bond donors (Lipinski definition) is 0. The number of rotatable bonds is 5. The lowest BCUT2D eigenvalue weighted by Gasteiger charge is -2.33. The zero-order valence-corrected chi connectivity index (χ0v) is 13.1. The molecule has 0 aromatic carbocycles. The molecular weight excluding hydrogens is 304 g/mol. The number of fused-ring (bicyclic) bond motifs is 1. The molecule has 0 N–H and O–H groups in total. The minimum absolute atomic E-state index is 0.0922. The molecule has 7 nitrogen and oxygen atoms in total. The van der Waals surface area contributed by atoms with Gasteiger partial charge in [0.25, 0.3) is 0 Å². The van der Waals surface area contributed by atoms with E-state index >= 15 is 0 Å². The first-order valence-corrected chi connectivity index (χ1v) is 8.73. The number of sulfonamides is 1. The van der Waals surface area contributed by atoms with Crippen LogP contribution in [0.25, 0.3) is 0 Å². The Bertz CT molecular complexity index is 730. The van der Waals surface area contributed by atoms with Crippen LogP contribution in [0.3, 0.4) is 0 Å². The van der Waals surface area contributed by atoms with E-state index in [1.165, 1.54) is 4.31 Å². The van der Waals surface area contributed by atoms with Crippen molar-refractivity contribution in [2.45, 2.75) is 19.5 Å². The first kappa shape index (κ1) is 15.0. The molecule has 0 spiro atoms. The lowest BCUT2D eigenvalue weighted by atomic mass is 10.2. The standard InChI is InChI=1S/C14H18N4O3S/c1-2-22(19,20)17-8-12-7-15-11-18(12)13(9-17)10-21-14-5-3-4-6-16-14/h3-7,11,13H,2,8-10H2,1H3/t13-/m0/s1. The van der Waals surface area contributed by atoms with Gasteiger partial charge in [-0.25, -0.2) is 18.4 Å². The van der Waals surface area contributed by atoms with Gasteiger partial charge in [-0.3, -0.25) is 0 Å². The molecule has 0 saturated heterocycles. The molecule has 8 heteroatoms. The third kappa shape index (κ3) is 2.97. The molecule has 0 unspecified atom stereocenters. The molecule has 0 fully saturated rings. The zero-order chi connectivity index (χ0) is 15.6. The van der Waals surface area contributed by atoms with Gasteiger partial charge in [0, 0.05) is 25.0 Å². The summed E-state index contributed by atoms with van der Waals surface area (Å²) in [6, 6.07) is 5.32. The first-order valence-electron chi connectivity index (χ1n) is 7.12. The van der Waals surface area contributed by atoms with Crippen molar-refractivity contribution in [3.63, 3.8) is 0 Å². The Labute approximate surface area is 129 Å². The quantitative estimate of drug-likeness (QED) is 0.823. The SMILES string of the molecule is CCS(=O)(=O)N1Cc2cncn2[C@H](COc2ccccn2)C1. The van der Waals surface area contributed by atoms with Crippen LogP contribution in [0.15, 0.2) is 36.9 Å². The van der Waals surface area contributed by atoms with Crippen molar-refractivity contribution >= 4 is 10.0 Å². The number of ether oxygens (including phenoxy) is 1. The fourth-order valence-corrected chi connectivity index (χ4v) is 3.59. The highest BCUT2D eigenvalue weighted by atomic mass is 32.2. The number of hydrogen-bond acceptors (Lipinski definition) is 5. The third-order valence-corrected chi connectivity index (χ3v) is 5.51. The summed E-state index contributed by atoms with van der Waals surface area (Å²) in [7, 11) is -3.24. The Morgan fingerprint density at radius 1 is 1.41 bits per heavy atom. The maximum Gasteiger partial charge on any atom is 0.214 e. The van der Waals surface area contributed by atoms with E-state index in [2.05, 4.69) is 9.97 Å². The van der Waals surface area contributed by atoms with E-state index in [-0.39, 0.29) is 11.8 Å². The predicted octanol–water partition coefficient (Wildman–Crippen LogP) is 1.06. The second-order valence-corrected chi connectivity index (χ2v) is 7.38. The summed E-state index contributed by atoms with van der Waals surface area (Å²) in [5.74, 6) is 0.620. The Morgan fingerprint density at radius 3 is 3.00 bits per heavy atom. The third-order valence-electron chi connectivity index (χ3n) is 3.71. The summed E-state index contributed by atoms with van der Waals surface area (Å²) in [6.07, 6.45) is 5.08. The molecule has 0 radical (unpaired) electrons. The van der Waals surface area contributed by atoms with Gasteiger partial charge in [0.1, 0.15) is 6.61 Å². The van der Waals surface area contributed by atoms with Crippen molar-refractivity contribution in [1.82, 2.24) is 18.8 Å². The van der Waals surface area contributed by atoms with E-state index in [9.17, 15) is 8.42 Å². The van der Waals surface area contributed by atoms with Gasteiger partial charge in [-0.1, -0.05) is 6.07 Å². The van der Waals surface area contributed by atoms with Crippen LogP contribution >= 0.6 is 0 Å². The molecular formula is C14H18N4O3S. The lowest BCUT2D eigenvalue weighted by Crippen LogP contribution is -2.43. The minimum atomic E-state index is -3.24. The highest BCUT2D eigenvalue weighted by molar-refractivity contribution is 7.89. The monoisotopic (exact) mass is 322 g/mol. The average molecular weight is 322 g/mol. The fraction of sp³-hybridized carbons (Fsp3) is 0.429. The molecule has 2 aromatic rings. The van der Waals surface area contributed by atoms with E-state index in [1.54, 1.807) is 31.7 Å². The summed E-state index contributed by atoms with van der Waals surface area (Å²) in [5.41, 5.74) is 0.873. The summed E-state index contributed by atoms with van der Waals surface area (Å²) in [4.78, 5) is 8.23. The zero-order valence-electron chi connectivity index (χ0n) is 12.3. The predicted molar refractivity (Wildman–Crippen MR) is 80.9 cm³/mol. The van der Waals surface area contributed by atoms with Gasteiger partial charge in [-0.2, -0.15) is 4.31 Å². The normalized spacial score (nSPS) is 18.9. The van der Waals surface area contributed by atoms with Crippen molar-refractivity contribution in [2.75, 3.05) is 18.9 Å². The summed E-state index contributed by atoms with van der Waals surface area (Å²) < 4.78 is 33.5. The molecule has 0 saturated carbocycles. The molecule has 118 valence electrons.